The molecule has 4 aromatic rings. The van der Waals surface area contributed by atoms with Crippen molar-refractivity contribution in [2.24, 2.45) is 0 Å². The molecule has 1 saturated heterocycles. The number of phenolic OH excluding ortho intramolecular Hbond substituents is 1. The van der Waals surface area contributed by atoms with Crippen molar-refractivity contribution in [1.82, 2.24) is 14.9 Å². The van der Waals surface area contributed by atoms with Crippen LogP contribution in [0.15, 0.2) is 72.9 Å². The van der Waals surface area contributed by atoms with E-state index in [1.54, 1.807) is 12.3 Å². The van der Waals surface area contributed by atoms with Crippen molar-refractivity contribution in [3.63, 3.8) is 0 Å². The normalized spacial score (nSPS) is 18.7. The molecule has 4 heterocycles. The van der Waals surface area contributed by atoms with Crippen molar-refractivity contribution >= 4 is 23.0 Å². The van der Waals surface area contributed by atoms with Gasteiger partial charge in [-0.05, 0) is 74.1 Å². The van der Waals surface area contributed by atoms with E-state index in [4.69, 9.17) is 21.7 Å². The Morgan fingerprint density at radius 3 is 2.60 bits per heavy atom. The van der Waals surface area contributed by atoms with Crippen LogP contribution in [0, 0.1) is 13.8 Å². The van der Waals surface area contributed by atoms with Gasteiger partial charge in [0.2, 0.25) is 6.79 Å². The molecule has 2 N–H and O–H groups in total. The number of aromatic nitrogens is 2. The summed E-state index contributed by atoms with van der Waals surface area (Å²) in [5.41, 5.74) is 5.67. The largest absolute Gasteiger partial charge is 0.506 e. The van der Waals surface area contributed by atoms with Gasteiger partial charge in [0.1, 0.15) is 5.75 Å². The summed E-state index contributed by atoms with van der Waals surface area (Å²) in [6.07, 6.45) is 1.80. The van der Waals surface area contributed by atoms with Gasteiger partial charge in [0.05, 0.1) is 23.5 Å². The van der Waals surface area contributed by atoms with Gasteiger partial charge in [-0.2, -0.15) is 0 Å². The molecule has 35 heavy (non-hydrogen) atoms. The summed E-state index contributed by atoms with van der Waals surface area (Å²) in [5.74, 6) is 1.65. The van der Waals surface area contributed by atoms with E-state index in [9.17, 15) is 5.11 Å². The van der Waals surface area contributed by atoms with Crippen LogP contribution in [0.25, 0.3) is 5.69 Å². The Morgan fingerprint density at radius 1 is 1.00 bits per heavy atom. The Kier molecular flexibility index (Phi) is 5.11. The van der Waals surface area contributed by atoms with Gasteiger partial charge < -0.3 is 29.4 Å². The van der Waals surface area contributed by atoms with Crippen LogP contribution in [0.5, 0.6) is 17.2 Å². The van der Waals surface area contributed by atoms with E-state index in [-0.39, 0.29) is 24.6 Å². The molecular formula is C27H24N4O3S. The molecule has 8 heteroatoms. The Balaban J connectivity index is 1.52. The predicted octanol–water partition coefficient (Wildman–Crippen LogP) is 5.10. The van der Waals surface area contributed by atoms with Gasteiger partial charge >= 0.3 is 0 Å². The first-order chi connectivity index (χ1) is 17.0. The quantitative estimate of drug-likeness (QED) is 0.391. The number of phenols is 1. The highest BCUT2D eigenvalue weighted by atomic mass is 32.1. The monoisotopic (exact) mass is 484 g/mol. The van der Waals surface area contributed by atoms with E-state index in [0.717, 1.165) is 39.8 Å². The topological polar surface area (TPSA) is 71.8 Å². The molecule has 7 nitrogen and oxygen atoms in total. The third-order valence-electron chi connectivity index (χ3n) is 6.64. The molecule has 2 aliphatic heterocycles. The van der Waals surface area contributed by atoms with Crippen LogP contribution in [0.3, 0.4) is 0 Å². The molecule has 0 bridgehead atoms. The second kappa shape index (κ2) is 8.32. The van der Waals surface area contributed by atoms with Gasteiger partial charge in [-0.1, -0.05) is 18.2 Å². The van der Waals surface area contributed by atoms with Crippen molar-refractivity contribution in [2.45, 2.75) is 25.9 Å². The molecule has 0 spiro atoms. The van der Waals surface area contributed by atoms with E-state index in [1.807, 2.05) is 61.5 Å². The average Bonchev–Trinajstić information content (AvgIpc) is 3.55. The minimum Gasteiger partial charge on any atom is -0.506 e. The van der Waals surface area contributed by atoms with E-state index < -0.39 is 0 Å². The predicted molar refractivity (Wildman–Crippen MR) is 137 cm³/mol. The van der Waals surface area contributed by atoms with Gasteiger partial charge in [0.15, 0.2) is 16.6 Å². The third-order valence-corrected chi connectivity index (χ3v) is 6.96. The number of ether oxygens (including phenoxy) is 2. The smallest absolute Gasteiger partial charge is 0.231 e. The van der Waals surface area contributed by atoms with Gasteiger partial charge in [0.25, 0.3) is 0 Å². The van der Waals surface area contributed by atoms with Crippen LogP contribution in [0.2, 0.25) is 0 Å². The minimum absolute atomic E-state index is 0.174. The number of benzene rings is 2. The molecule has 0 saturated carbocycles. The first-order valence-electron chi connectivity index (χ1n) is 11.4. The van der Waals surface area contributed by atoms with Crippen molar-refractivity contribution < 1.29 is 14.6 Å². The zero-order chi connectivity index (χ0) is 24.1. The van der Waals surface area contributed by atoms with Crippen LogP contribution in [-0.4, -0.2) is 26.6 Å². The maximum Gasteiger partial charge on any atom is 0.231 e. The summed E-state index contributed by atoms with van der Waals surface area (Å²) in [6.45, 7) is 4.33. The summed E-state index contributed by atoms with van der Waals surface area (Å²) in [5, 5.41) is 14.7. The first kappa shape index (κ1) is 21.5. The van der Waals surface area contributed by atoms with E-state index in [2.05, 4.69) is 32.8 Å². The number of nitrogens with one attached hydrogen (secondary N) is 1. The maximum absolute atomic E-state index is 10.6. The summed E-state index contributed by atoms with van der Waals surface area (Å²) < 4.78 is 13.2. The molecule has 2 unspecified atom stereocenters. The highest BCUT2D eigenvalue weighted by molar-refractivity contribution is 7.80. The number of aromatic hydroxyl groups is 1. The number of fused-ring (bicyclic) bond motifs is 1. The molecule has 176 valence electrons. The number of rotatable bonds is 4. The lowest BCUT2D eigenvalue weighted by atomic mass is 9.96. The lowest BCUT2D eigenvalue weighted by Crippen LogP contribution is -2.29. The van der Waals surface area contributed by atoms with E-state index >= 15 is 0 Å². The second-order valence-electron chi connectivity index (χ2n) is 8.68. The van der Waals surface area contributed by atoms with Crippen molar-refractivity contribution in [2.75, 3.05) is 11.7 Å². The number of hydrogen-bond donors (Lipinski definition) is 2. The fourth-order valence-electron chi connectivity index (χ4n) is 5.10. The number of anilines is 1. The van der Waals surface area contributed by atoms with Crippen LogP contribution in [-0.2, 0) is 0 Å². The Bertz CT molecular complexity index is 1440. The molecule has 0 aliphatic carbocycles. The second-order valence-corrected chi connectivity index (χ2v) is 9.07. The fraction of sp³-hybridized carbons (Fsp3) is 0.185. The highest BCUT2D eigenvalue weighted by Gasteiger charge is 2.42. The molecule has 2 aromatic carbocycles. The van der Waals surface area contributed by atoms with E-state index in [1.165, 1.54) is 0 Å². The zero-order valence-corrected chi connectivity index (χ0v) is 20.1. The average molecular weight is 485 g/mol. The van der Waals surface area contributed by atoms with Crippen LogP contribution in [0.4, 0.5) is 5.69 Å². The summed E-state index contributed by atoms with van der Waals surface area (Å²) in [6, 6.07) is 21.0. The number of para-hydroxylation sites is 2. The summed E-state index contributed by atoms with van der Waals surface area (Å²) >= 11 is 5.87. The number of hydrogen-bond acceptors (Lipinski definition) is 5. The number of pyridine rings is 1. The Labute approximate surface area is 208 Å². The molecule has 0 amide bonds. The standard InChI is InChI=1S/C27H24N4O3S/c1-16-13-19(17(2)30(16)21-8-3-4-9-22(21)32)26-25(20-7-5-6-12-28-20)29-27(35)31(26)18-10-11-23-24(14-18)34-15-33-23/h3-14,25-26,32H,15H2,1-2H3,(H,29,35). The minimum atomic E-state index is -0.177. The third kappa shape index (κ3) is 3.49. The SMILES string of the molecule is Cc1cc(C2C(c3ccccn3)NC(=S)N2c2ccc3c(c2)OCO3)c(C)n1-c1ccccc1O. The molecule has 2 aromatic heterocycles. The molecule has 2 atom stereocenters. The van der Waals surface area contributed by atoms with Gasteiger partial charge in [-0.15, -0.1) is 0 Å². The van der Waals surface area contributed by atoms with Crippen molar-refractivity contribution in [1.29, 1.82) is 0 Å². The van der Waals surface area contributed by atoms with Gasteiger partial charge in [-0.3, -0.25) is 4.98 Å². The summed E-state index contributed by atoms with van der Waals surface area (Å²) in [4.78, 5) is 6.77. The molecule has 6 rings (SSSR count). The number of thiocarbonyl (C=S) groups is 1. The zero-order valence-electron chi connectivity index (χ0n) is 19.3. The lowest BCUT2D eigenvalue weighted by Gasteiger charge is -2.28. The molecule has 2 aliphatic rings. The fourth-order valence-corrected chi connectivity index (χ4v) is 5.44. The molecule has 1 fully saturated rings. The Morgan fingerprint density at radius 2 is 1.80 bits per heavy atom. The Hall–Kier alpha value is -4.04. The highest BCUT2D eigenvalue weighted by Crippen LogP contribution is 2.46. The van der Waals surface area contributed by atoms with Gasteiger partial charge in [-0.25, -0.2) is 0 Å². The first-order valence-corrected chi connectivity index (χ1v) is 11.8. The van der Waals surface area contributed by atoms with Crippen LogP contribution < -0.4 is 19.7 Å². The van der Waals surface area contributed by atoms with Crippen LogP contribution >= 0.6 is 12.2 Å². The van der Waals surface area contributed by atoms with Crippen molar-refractivity contribution in [3.05, 3.63) is 95.6 Å². The van der Waals surface area contributed by atoms with E-state index in [0.29, 0.717) is 10.9 Å². The lowest BCUT2D eigenvalue weighted by molar-refractivity contribution is 0.174. The summed E-state index contributed by atoms with van der Waals surface area (Å²) in [7, 11) is 0. The van der Waals surface area contributed by atoms with Gasteiger partial charge in [0, 0.05) is 29.3 Å². The molecule has 0 radical (unpaired) electrons. The number of nitrogens with zero attached hydrogens (tertiary/aromatic N) is 3. The van der Waals surface area contributed by atoms with Crippen molar-refractivity contribution in [3.8, 4) is 22.9 Å². The van der Waals surface area contributed by atoms with Crippen LogP contribution in [0.1, 0.15) is 34.7 Å². The molecular weight excluding hydrogens is 460 g/mol. The maximum atomic E-state index is 10.6. The number of aryl methyl sites for hydroxylation is 1.